The van der Waals surface area contributed by atoms with Crippen LogP contribution in [0.25, 0.3) is 0 Å². The van der Waals surface area contributed by atoms with Crippen molar-refractivity contribution in [3.63, 3.8) is 0 Å². The normalized spacial score (nSPS) is 21.6. The van der Waals surface area contributed by atoms with Crippen molar-refractivity contribution in [1.82, 2.24) is 19.8 Å². The van der Waals surface area contributed by atoms with Gasteiger partial charge in [-0.3, -0.25) is 4.90 Å². The van der Waals surface area contributed by atoms with Crippen LogP contribution in [0.4, 0.5) is 0 Å². The van der Waals surface area contributed by atoms with Crippen LogP contribution in [-0.4, -0.2) is 58.2 Å². The average Bonchev–Trinajstić information content (AvgIpc) is 3.23. The molecule has 2 saturated heterocycles. The molecule has 2 aliphatic rings. The molecule has 2 aliphatic heterocycles. The van der Waals surface area contributed by atoms with Crippen molar-refractivity contribution < 1.29 is 0 Å². The van der Waals surface area contributed by atoms with E-state index < -0.39 is 0 Å². The van der Waals surface area contributed by atoms with Crippen LogP contribution in [0.5, 0.6) is 0 Å². The third-order valence-corrected chi connectivity index (χ3v) is 6.51. The molecule has 144 valence electrons. The van der Waals surface area contributed by atoms with E-state index in [1.54, 1.807) is 0 Å². The Morgan fingerprint density at radius 1 is 0.963 bits per heavy atom. The van der Waals surface area contributed by atoms with Gasteiger partial charge in [-0.25, -0.2) is 9.97 Å². The fraction of sp³-hybridized carbons (Fsp3) is 0.545. The first kappa shape index (κ1) is 18.9. The second-order valence-electron chi connectivity index (χ2n) is 7.72. The molecule has 1 aromatic carbocycles. The van der Waals surface area contributed by atoms with E-state index in [4.69, 9.17) is 4.98 Å². The maximum absolute atomic E-state index is 4.91. The number of thioether (sulfide) groups is 1. The molecule has 27 heavy (non-hydrogen) atoms. The van der Waals surface area contributed by atoms with Gasteiger partial charge >= 0.3 is 0 Å². The van der Waals surface area contributed by atoms with Crippen LogP contribution in [0.3, 0.4) is 0 Å². The lowest BCUT2D eigenvalue weighted by Gasteiger charge is -2.32. The molecule has 0 N–H and O–H groups in total. The summed E-state index contributed by atoms with van der Waals surface area (Å²) >= 11 is 1.81. The van der Waals surface area contributed by atoms with Crippen molar-refractivity contribution in [2.24, 2.45) is 0 Å². The lowest BCUT2D eigenvalue weighted by atomic mass is 9.94. The Balaban J connectivity index is 1.31. The summed E-state index contributed by atoms with van der Waals surface area (Å²) < 4.78 is 0. The largest absolute Gasteiger partial charge is 0.303 e. The van der Waals surface area contributed by atoms with Crippen LogP contribution in [0.1, 0.15) is 42.9 Å². The van der Waals surface area contributed by atoms with Gasteiger partial charge in [-0.1, -0.05) is 42.1 Å². The molecule has 1 atom stereocenters. The predicted molar refractivity (Wildman–Crippen MR) is 112 cm³/mol. The summed E-state index contributed by atoms with van der Waals surface area (Å²) in [6.45, 7) is 7.02. The van der Waals surface area contributed by atoms with Crippen LogP contribution >= 0.6 is 11.8 Å². The van der Waals surface area contributed by atoms with Gasteiger partial charge in [0, 0.05) is 43.2 Å². The molecule has 0 amide bonds. The highest BCUT2D eigenvalue weighted by atomic mass is 32.2. The van der Waals surface area contributed by atoms with Crippen molar-refractivity contribution in [1.29, 1.82) is 0 Å². The molecule has 2 fully saturated rings. The van der Waals surface area contributed by atoms with E-state index in [0.29, 0.717) is 5.92 Å². The molecule has 1 unspecified atom stereocenters. The third-order valence-electron chi connectivity index (χ3n) is 5.67. The van der Waals surface area contributed by atoms with Gasteiger partial charge in [-0.15, -0.1) is 0 Å². The monoisotopic (exact) mass is 382 g/mol. The lowest BCUT2D eigenvalue weighted by Crippen LogP contribution is -2.34. The maximum Gasteiger partial charge on any atom is 0.187 e. The summed E-state index contributed by atoms with van der Waals surface area (Å²) in [4.78, 5) is 14.5. The minimum atomic E-state index is 0.531. The summed E-state index contributed by atoms with van der Waals surface area (Å²) in [5.74, 6) is 1.62. The van der Waals surface area contributed by atoms with E-state index in [2.05, 4.69) is 51.2 Å². The van der Waals surface area contributed by atoms with Crippen molar-refractivity contribution in [2.75, 3.05) is 38.5 Å². The Labute approximate surface area is 167 Å². The van der Waals surface area contributed by atoms with Crippen LogP contribution in [0.2, 0.25) is 0 Å². The summed E-state index contributed by atoms with van der Waals surface area (Å²) in [7, 11) is 0. The first-order chi connectivity index (χ1) is 13.4. The smallest absolute Gasteiger partial charge is 0.187 e. The zero-order valence-corrected chi connectivity index (χ0v) is 16.9. The molecule has 4 rings (SSSR count). The number of rotatable bonds is 7. The molecule has 0 aliphatic carbocycles. The van der Waals surface area contributed by atoms with Crippen molar-refractivity contribution in [2.45, 2.75) is 43.3 Å². The van der Waals surface area contributed by atoms with Crippen LogP contribution in [-0.2, 0) is 6.54 Å². The Morgan fingerprint density at radius 2 is 1.78 bits per heavy atom. The van der Waals surface area contributed by atoms with Crippen molar-refractivity contribution in [3.8, 4) is 0 Å². The number of hydrogen-bond acceptors (Lipinski definition) is 5. The summed E-state index contributed by atoms with van der Waals surface area (Å²) in [6, 6.07) is 12.9. The Hall–Kier alpha value is -1.43. The molecule has 2 aromatic rings. The van der Waals surface area contributed by atoms with Gasteiger partial charge in [0.25, 0.3) is 0 Å². The SMILES string of the molecule is c1ccc(CN2CCCC(c3ccnc(SCCN4CCCC4)n3)C2)cc1. The Kier molecular flexibility index (Phi) is 6.77. The molecular formula is C22H30N4S. The fourth-order valence-corrected chi connectivity index (χ4v) is 5.04. The highest BCUT2D eigenvalue weighted by Crippen LogP contribution is 2.27. The molecular weight excluding hydrogens is 352 g/mol. The van der Waals surface area contributed by atoms with Gasteiger partial charge in [-0.05, 0) is 56.9 Å². The lowest BCUT2D eigenvalue weighted by molar-refractivity contribution is 0.198. The van der Waals surface area contributed by atoms with Crippen molar-refractivity contribution in [3.05, 3.63) is 53.9 Å². The van der Waals surface area contributed by atoms with Gasteiger partial charge in [0.15, 0.2) is 5.16 Å². The van der Waals surface area contributed by atoms with Gasteiger partial charge in [0.1, 0.15) is 0 Å². The first-order valence-corrected chi connectivity index (χ1v) is 11.3. The maximum atomic E-state index is 4.91. The molecule has 0 saturated carbocycles. The van der Waals surface area contributed by atoms with E-state index >= 15 is 0 Å². The first-order valence-electron chi connectivity index (χ1n) is 10.3. The molecule has 4 nitrogen and oxygen atoms in total. The second-order valence-corrected chi connectivity index (χ2v) is 8.78. The van der Waals surface area contributed by atoms with Gasteiger partial charge < -0.3 is 4.90 Å². The number of hydrogen-bond donors (Lipinski definition) is 0. The zero-order chi connectivity index (χ0) is 18.3. The predicted octanol–water partition coefficient (Wildman–Crippen LogP) is 4.04. The van der Waals surface area contributed by atoms with Gasteiger partial charge in [0.05, 0.1) is 0 Å². The minimum absolute atomic E-state index is 0.531. The molecule has 3 heterocycles. The summed E-state index contributed by atoms with van der Waals surface area (Å²) in [6.07, 6.45) is 7.16. The minimum Gasteiger partial charge on any atom is -0.303 e. The topological polar surface area (TPSA) is 32.3 Å². The highest BCUT2D eigenvalue weighted by Gasteiger charge is 2.23. The summed E-state index contributed by atoms with van der Waals surface area (Å²) in [5, 5.41) is 0.951. The summed E-state index contributed by atoms with van der Waals surface area (Å²) in [5.41, 5.74) is 2.63. The second kappa shape index (κ2) is 9.67. The van der Waals surface area contributed by atoms with Crippen molar-refractivity contribution >= 4 is 11.8 Å². The molecule has 0 bridgehead atoms. The quantitative estimate of drug-likeness (QED) is 0.533. The number of benzene rings is 1. The highest BCUT2D eigenvalue weighted by molar-refractivity contribution is 7.99. The fourth-order valence-electron chi connectivity index (χ4n) is 4.21. The zero-order valence-electron chi connectivity index (χ0n) is 16.1. The van der Waals surface area contributed by atoms with Gasteiger partial charge in [-0.2, -0.15) is 0 Å². The number of likely N-dealkylation sites (tertiary alicyclic amines) is 2. The van der Waals surface area contributed by atoms with E-state index in [1.165, 1.54) is 56.6 Å². The van der Waals surface area contributed by atoms with Crippen LogP contribution in [0.15, 0.2) is 47.8 Å². The van der Waals surface area contributed by atoms with Gasteiger partial charge in [0.2, 0.25) is 0 Å². The number of aromatic nitrogens is 2. The van der Waals surface area contributed by atoms with E-state index in [9.17, 15) is 0 Å². The van der Waals surface area contributed by atoms with E-state index in [-0.39, 0.29) is 0 Å². The van der Waals surface area contributed by atoms with E-state index in [0.717, 1.165) is 30.5 Å². The number of piperidine rings is 1. The molecule has 0 radical (unpaired) electrons. The molecule has 5 heteroatoms. The van der Waals surface area contributed by atoms with Crippen LogP contribution in [0, 0.1) is 0 Å². The third kappa shape index (κ3) is 5.53. The average molecular weight is 383 g/mol. The molecule has 1 aromatic heterocycles. The Bertz CT molecular complexity index is 702. The van der Waals surface area contributed by atoms with Crippen LogP contribution < -0.4 is 0 Å². The molecule has 0 spiro atoms. The standard InChI is InChI=1S/C22H30N4S/c1-2-7-19(8-3-1)17-26-14-6-9-20(18-26)21-10-11-23-22(24-21)27-16-15-25-12-4-5-13-25/h1-3,7-8,10-11,20H,4-6,9,12-18H2. The van der Waals surface area contributed by atoms with E-state index in [1.807, 2.05) is 18.0 Å². The Morgan fingerprint density at radius 3 is 2.63 bits per heavy atom. The number of nitrogens with zero attached hydrogens (tertiary/aromatic N) is 4.